The molecule has 0 atom stereocenters. The number of carbonyl (C=O) groups is 1. The van der Waals surface area contributed by atoms with Crippen molar-refractivity contribution in [2.45, 2.75) is 26.4 Å². The maximum atomic E-state index is 11.8. The number of Topliss-reactive ketones (excluding diaryl/α,β-unsaturated/α-hetero) is 1. The third kappa shape index (κ3) is 4.14. The first-order valence-electron chi connectivity index (χ1n) is 4.82. The molecule has 1 rings (SSSR count). The van der Waals surface area contributed by atoms with Gasteiger partial charge in [0.2, 0.25) is 0 Å². The standard InChI is InChI=1S/C12H15BrO2/c1-12(2,3)15-8-11(14)9-6-4-5-7-10(9)13/h4-7H,8H2,1-3H3. The van der Waals surface area contributed by atoms with Crippen LogP contribution in [-0.2, 0) is 4.74 Å². The van der Waals surface area contributed by atoms with Crippen molar-refractivity contribution < 1.29 is 9.53 Å². The van der Waals surface area contributed by atoms with Crippen LogP contribution in [0.25, 0.3) is 0 Å². The smallest absolute Gasteiger partial charge is 0.189 e. The zero-order chi connectivity index (χ0) is 11.5. The van der Waals surface area contributed by atoms with Gasteiger partial charge < -0.3 is 4.74 Å². The fourth-order valence-corrected chi connectivity index (χ4v) is 1.55. The highest BCUT2D eigenvalue weighted by Gasteiger charge is 2.15. The van der Waals surface area contributed by atoms with E-state index in [4.69, 9.17) is 4.74 Å². The molecule has 82 valence electrons. The van der Waals surface area contributed by atoms with E-state index in [2.05, 4.69) is 15.9 Å². The van der Waals surface area contributed by atoms with Gasteiger partial charge in [0, 0.05) is 10.0 Å². The quantitative estimate of drug-likeness (QED) is 0.787. The van der Waals surface area contributed by atoms with Gasteiger partial charge in [-0.25, -0.2) is 0 Å². The number of rotatable bonds is 3. The second-order valence-electron chi connectivity index (χ2n) is 4.30. The van der Waals surface area contributed by atoms with Crippen LogP contribution in [0.5, 0.6) is 0 Å². The van der Waals surface area contributed by atoms with Gasteiger partial charge in [-0.1, -0.05) is 34.1 Å². The summed E-state index contributed by atoms with van der Waals surface area (Å²) in [6.45, 7) is 5.91. The molecular formula is C12H15BrO2. The van der Waals surface area contributed by atoms with Crippen LogP contribution in [0.2, 0.25) is 0 Å². The number of halogens is 1. The Morgan fingerprint density at radius 3 is 2.47 bits per heavy atom. The summed E-state index contributed by atoms with van der Waals surface area (Å²) in [5.41, 5.74) is 0.387. The number of carbonyl (C=O) groups excluding carboxylic acids is 1. The van der Waals surface area contributed by atoms with Crippen LogP contribution in [0, 0.1) is 0 Å². The topological polar surface area (TPSA) is 26.3 Å². The molecule has 0 aliphatic carbocycles. The maximum Gasteiger partial charge on any atom is 0.189 e. The Balaban J connectivity index is 2.66. The average Bonchev–Trinajstić information content (AvgIpc) is 2.14. The Kier molecular flexibility index (Phi) is 4.05. The molecule has 0 heterocycles. The van der Waals surface area contributed by atoms with Crippen molar-refractivity contribution in [2.75, 3.05) is 6.61 Å². The predicted octanol–water partition coefficient (Wildman–Crippen LogP) is 3.45. The van der Waals surface area contributed by atoms with Crippen molar-refractivity contribution in [3.63, 3.8) is 0 Å². The van der Waals surface area contributed by atoms with Crippen LogP contribution < -0.4 is 0 Å². The summed E-state index contributed by atoms with van der Waals surface area (Å²) in [4.78, 5) is 11.8. The lowest BCUT2D eigenvalue weighted by Crippen LogP contribution is -2.23. The van der Waals surface area contributed by atoms with Gasteiger partial charge in [-0.15, -0.1) is 0 Å². The Labute approximate surface area is 98.8 Å². The number of hydrogen-bond donors (Lipinski definition) is 0. The summed E-state index contributed by atoms with van der Waals surface area (Å²) in [7, 11) is 0. The Hall–Kier alpha value is -0.670. The molecule has 15 heavy (non-hydrogen) atoms. The van der Waals surface area contributed by atoms with Crippen molar-refractivity contribution in [2.24, 2.45) is 0 Å². The molecule has 0 unspecified atom stereocenters. The molecule has 0 aliphatic rings. The molecule has 1 aromatic rings. The molecule has 1 aromatic carbocycles. The van der Waals surface area contributed by atoms with Crippen LogP contribution in [0.3, 0.4) is 0 Å². The summed E-state index contributed by atoms with van der Waals surface area (Å²) in [6.07, 6.45) is 0. The summed E-state index contributed by atoms with van der Waals surface area (Å²) < 4.78 is 6.24. The van der Waals surface area contributed by atoms with Gasteiger partial charge in [-0.05, 0) is 26.8 Å². The molecule has 3 heteroatoms. The van der Waals surface area contributed by atoms with Crippen molar-refractivity contribution in [3.8, 4) is 0 Å². The highest BCUT2D eigenvalue weighted by Crippen LogP contribution is 2.17. The monoisotopic (exact) mass is 270 g/mol. The average molecular weight is 271 g/mol. The van der Waals surface area contributed by atoms with Gasteiger partial charge in [0.15, 0.2) is 5.78 Å². The predicted molar refractivity (Wildman–Crippen MR) is 64.2 cm³/mol. The molecule has 0 saturated heterocycles. The number of benzene rings is 1. The third-order valence-corrected chi connectivity index (χ3v) is 2.50. The molecule has 0 fully saturated rings. The summed E-state index contributed by atoms with van der Waals surface area (Å²) in [5, 5.41) is 0. The molecule has 0 bridgehead atoms. The van der Waals surface area contributed by atoms with Crippen LogP contribution >= 0.6 is 15.9 Å². The minimum atomic E-state index is -0.281. The molecule has 2 nitrogen and oxygen atoms in total. The molecule has 0 radical (unpaired) electrons. The summed E-state index contributed by atoms with van der Waals surface area (Å²) in [6, 6.07) is 7.36. The second-order valence-corrected chi connectivity index (χ2v) is 5.16. The van der Waals surface area contributed by atoms with E-state index in [-0.39, 0.29) is 18.0 Å². The fraction of sp³-hybridized carbons (Fsp3) is 0.417. The van der Waals surface area contributed by atoms with Crippen LogP contribution in [-0.4, -0.2) is 18.0 Å². The molecule has 0 aromatic heterocycles. The minimum absolute atomic E-state index is 0.00241. The normalized spacial score (nSPS) is 11.5. The number of ether oxygens (including phenoxy) is 1. The number of ketones is 1. The van der Waals surface area contributed by atoms with Crippen molar-refractivity contribution in [1.29, 1.82) is 0 Å². The lowest BCUT2D eigenvalue weighted by molar-refractivity contribution is 0.00303. The minimum Gasteiger partial charge on any atom is -0.368 e. The fourth-order valence-electron chi connectivity index (χ4n) is 1.05. The molecule has 0 aliphatic heterocycles. The molecule has 0 spiro atoms. The van der Waals surface area contributed by atoms with E-state index in [9.17, 15) is 4.79 Å². The largest absolute Gasteiger partial charge is 0.368 e. The molecule has 0 saturated carbocycles. The van der Waals surface area contributed by atoms with Gasteiger partial charge in [-0.3, -0.25) is 4.79 Å². The molecule has 0 amide bonds. The third-order valence-electron chi connectivity index (χ3n) is 1.81. The Morgan fingerprint density at radius 1 is 1.33 bits per heavy atom. The van der Waals surface area contributed by atoms with E-state index in [1.54, 1.807) is 6.07 Å². The highest BCUT2D eigenvalue weighted by molar-refractivity contribution is 9.10. The molecule has 0 N–H and O–H groups in total. The maximum absolute atomic E-state index is 11.8. The van der Waals surface area contributed by atoms with Crippen molar-refractivity contribution >= 4 is 21.7 Å². The lowest BCUT2D eigenvalue weighted by atomic mass is 10.1. The second kappa shape index (κ2) is 4.90. The van der Waals surface area contributed by atoms with Crippen molar-refractivity contribution in [3.05, 3.63) is 34.3 Å². The van der Waals surface area contributed by atoms with Gasteiger partial charge in [0.1, 0.15) is 6.61 Å². The Morgan fingerprint density at radius 2 is 1.93 bits per heavy atom. The Bertz CT molecular complexity index is 353. The van der Waals surface area contributed by atoms with Gasteiger partial charge in [0.25, 0.3) is 0 Å². The van der Waals surface area contributed by atoms with E-state index in [0.29, 0.717) is 5.56 Å². The summed E-state index contributed by atoms with van der Waals surface area (Å²) in [5.74, 6) is -0.00241. The van der Waals surface area contributed by atoms with E-state index < -0.39 is 0 Å². The van der Waals surface area contributed by atoms with Crippen LogP contribution in [0.1, 0.15) is 31.1 Å². The first kappa shape index (κ1) is 12.4. The molecular weight excluding hydrogens is 256 g/mol. The van der Waals surface area contributed by atoms with E-state index in [0.717, 1.165) is 4.47 Å². The SMILES string of the molecule is CC(C)(C)OCC(=O)c1ccccc1Br. The lowest BCUT2D eigenvalue weighted by Gasteiger charge is -2.18. The van der Waals surface area contributed by atoms with Gasteiger partial charge in [0.05, 0.1) is 5.60 Å². The van der Waals surface area contributed by atoms with Gasteiger partial charge >= 0.3 is 0 Å². The summed E-state index contributed by atoms with van der Waals surface area (Å²) >= 11 is 3.34. The zero-order valence-electron chi connectivity index (χ0n) is 9.21. The zero-order valence-corrected chi connectivity index (χ0v) is 10.8. The first-order valence-corrected chi connectivity index (χ1v) is 5.61. The van der Waals surface area contributed by atoms with Gasteiger partial charge in [-0.2, -0.15) is 0 Å². The van der Waals surface area contributed by atoms with E-state index >= 15 is 0 Å². The van der Waals surface area contributed by atoms with Crippen LogP contribution in [0.4, 0.5) is 0 Å². The first-order chi connectivity index (χ1) is 6.90. The van der Waals surface area contributed by atoms with Crippen molar-refractivity contribution in [1.82, 2.24) is 0 Å². The van der Waals surface area contributed by atoms with E-state index in [1.165, 1.54) is 0 Å². The highest BCUT2D eigenvalue weighted by atomic mass is 79.9. The van der Waals surface area contributed by atoms with Crippen LogP contribution in [0.15, 0.2) is 28.7 Å². The van der Waals surface area contributed by atoms with E-state index in [1.807, 2.05) is 39.0 Å². The number of hydrogen-bond acceptors (Lipinski definition) is 2.